The smallest absolute Gasteiger partial charge is 0.205 e. The molecule has 20 heavy (non-hydrogen) atoms. The molecule has 3 rings (SSSR count). The Labute approximate surface area is 122 Å². The van der Waals surface area contributed by atoms with E-state index in [2.05, 4.69) is 32.9 Å². The predicted molar refractivity (Wildman–Crippen MR) is 83.1 cm³/mol. The minimum atomic E-state index is 0.747. The van der Waals surface area contributed by atoms with Gasteiger partial charge < -0.3 is 14.8 Å². The summed E-state index contributed by atoms with van der Waals surface area (Å²) >= 11 is 0. The Bertz CT molecular complexity index is 408. The van der Waals surface area contributed by atoms with Crippen LogP contribution in [0.3, 0.4) is 0 Å². The number of hydrogen-bond acceptors (Lipinski definition) is 3. The highest BCUT2D eigenvalue weighted by atomic mass is 15.3. The van der Waals surface area contributed by atoms with E-state index in [4.69, 9.17) is 0 Å². The molecule has 0 bridgehead atoms. The van der Waals surface area contributed by atoms with Crippen molar-refractivity contribution in [2.24, 2.45) is 5.92 Å². The third-order valence-corrected chi connectivity index (χ3v) is 4.85. The number of aryl methyl sites for hydroxylation is 1. The minimum Gasteiger partial charge on any atom is -0.342 e. The molecule has 0 amide bonds. The van der Waals surface area contributed by atoms with Gasteiger partial charge in [-0.25, -0.2) is 4.98 Å². The van der Waals surface area contributed by atoms with Crippen molar-refractivity contribution in [1.82, 2.24) is 14.9 Å². The van der Waals surface area contributed by atoms with Gasteiger partial charge in [0, 0.05) is 38.1 Å². The number of rotatable bonds is 5. The molecule has 2 aliphatic heterocycles. The maximum Gasteiger partial charge on any atom is 0.205 e. The van der Waals surface area contributed by atoms with Crippen molar-refractivity contribution in [2.75, 3.05) is 24.5 Å². The van der Waals surface area contributed by atoms with E-state index >= 15 is 0 Å². The molecular weight excluding hydrogens is 248 g/mol. The predicted octanol–water partition coefficient (Wildman–Crippen LogP) is 2.65. The van der Waals surface area contributed by atoms with Gasteiger partial charge in [0.1, 0.15) is 0 Å². The number of piperidine rings is 1. The quantitative estimate of drug-likeness (QED) is 0.897. The maximum absolute atomic E-state index is 4.62. The van der Waals surface area contributed by atoms with Gasteiger partial charge in [-0.1, -0.05) is 13.3 Å². The molecule has 2 atom stereocenters. The second kappa shape index (κ2) is 6.61. The second-order valence-electron chi connectivity index (χ2n) is 6.33. The molecule has 112 valence electrons. The van der Waals surface area contributed by atoms with Crippen LogP contribution in [0.1, 0.15) is 45.4 Å². The molecule has 1 aromatic heterocycles. The van der Waals surface area contributed by atoms with Crippen LogP contribution in [0.2, 0.25) is 0 Å². The van der Waals surface area contributed by atoms with Crippen LogP contribution >= 0.6 is 0 Å². The lowest BCUT2D eigenvalue weighted by atomic mass is 9.90. The molecule has 2 unspecified atom stereocenters. The Morgan fingerprint density at radius 3 is 3.10 bits per heavy atom. The van der Waals surface area contributed by atoms with E-state index in [0.717, 1.165) is 18.5 Å². The number of aromatic nitrogens is 2. The summed E-state index contributed by atoms with van der Waals surface area (Å²) in [6.07, 6.45) is 12.0. The summed E-state index contributed by atoms with van der Waals surface area (Å²) in [6.45, 7) is 6.92. The number of nitrogens with one attached hydrogen (secondary N) is 1. The van der Waals surface area contributed by atoms with E-state index in [-0.39, 0.29) is 0 Å². The lowest BCUT2D eigenvalue weighted by Gasteiger charge is -2.36. The van der Waals surface area contributed by atoms with Gasteiger partial charge >= 0.3 is 0 Å². The summed E-state index contributed by atoms with van der Waals surface area (Å²) in [5.41, 5.74) is 0. The first-order valence-corrected chi connectivity index (χ1v) is 8.38. The van der Waals surface area contributed by atoms with Gasteiger partial charge in [0.05, 0.1) is 0 Å². The van der Waals surface area contributed by atoms with E-state index in [0.29, 0.717) is 0 Å². The second-order valence-corrected chi connectivity index (χ2v) is 6.33. The number of imidazole rings is 1. The van der Waals surface area contributed by atoms with E-state index in [1.165, 1.54) is 64.1 Å². The molecule has 2 saturated heterocycles. The summed E-state index contributed by atoms with van der Waals surface area (Å²) in [5, 5.41) is 3.69. The standard InChI is InChI=1S/C16H28N4/c1-2-3-10-19-12-9-18-16(19)20-11-5-6-14(13-20)15-7-4-8-17-15/h9,12,14-15,17H,2-8,10-11,13H2,1H3. The molecule has 2 fully saturated rings. The number of hydrogen-bond donors (Lipinski definition) is 1. The highest BCUT2D eigenvalue weighted by Gasteiger charge is 2.30. The Morgan fingerprint density at radius 2 is 2.30 bits per heavy atom. The summed E-state index contributed by atoms with van der Waals surface area (Å²) in [4.78, 5) is 7.14. The fourth-order valence-electron chi connectivity index (χ4n) is 3.72. The average molecular weight is 276 g/mol. The van der Waals surface area contributed by atoms with E-state index < -0.39 is 0 Å². The van der Waals surface area contributed by atoms with Crippen LogP contribution in [0.5, 0.6) is 0 Å². The van der Waals surface area contributed by atoms with Crippen LogP contribution in [-0.2, 0) is 6.54 Å². The van der Waals surface area contributed by atoms with Gasteiger partial charge in [-0.15, -0.1) is 0 Å². The third kappa shape index (κ3) is 3.00. The van der Waals surface area contributed by atoms with Crippen molar-refractivity contribution < 1.29 is 0 Å². The summed E-state index contributed by atoms with van der Waals surface area (Å²) < 4.78 is 2.34. The number of anilines is 1. The van der Waals surface area contributed by atoms with Gasteiger partial charge in [-0.05, 0) is 44.6 Å². The third-order valence-electron chi connectivity index (χ3n) is 4.85. The van der Waals surface area contributed by atoms with E-state index in [1.807, 2.05) is 6.20 Å². The zero-order valence-corrected chi connectivity index (χ0v) is 12.7. The van der Waals surface area contributed by atoms with Crippen molar-refractivity contribution in [1.29, 1.82) is 0 Å². The number of nitrogens with zero attached hydrogens (tertiary/aromatic N) is 3. The molecule has 0 aromatic carbocycles. The van der Waals surface area contributed by atoms with Gasteiger partial charge in [-0.2, -0.15) is 0 Å². The van der Waals surface area contributed by atoms with Crippen molar-refractivity contribution >= 4 is 5.95 Å². The first kappa shape index (κ1) is 13.9. The van der Waals surface area contributed by atoms with Crippen LogP contribution in [-0.4, -0.2) is 35.2 Å². The van der Waals surface area contributed by atoms with Gasteiger partial charge in [0.15, 0.2) is 0 Å². The van der Waals surface area contributed by atoms with Crippen LogP contribution in [0.15, 0.2) is 12.4 Å². The molecule has 0 aliphatic carbocycles. The van der Waals surface area contributed by atoms with Crippen LogP contribution in [0.25, 0.3) is 0 Å². The minimum absolute atomic E-state index is 0.747. The number of unbranched alkanes of at least 4 members (excludes halogenated alkanes) is 1. The monoisotopic (exact) mass is 276 g/mol. The van der Waals surface area contributed by atoms with Crippen LogP contribution in [0.4, 0.5) is 5.95 Å². The Morgan fingerprint density at radius 1 is 1.35 bits per heavy atom. The molecule has 4 nitrogen and oxygen atoms in total. The van der Waals surface area contributed by atoms with Gasteiger partial charge in [-0.3, -0.25) is 0 Å². The molecule has 4 heteroatoms. The largest absolute Gasteiger partial charge is 0.342 e. The Hall–Kier alpha value is -1.03. The van der Waals surface area contributed by atoms with E-state index in [1.54, 1.807) is 0 Å². The summed E-state index contributed by atoms with van der Waals surface area (Å²) in [7, 11) is 0. The normalized spacial score (nSPS) is 27.1. The van der Waals surface area contributed by atoms with Crippen LogP contribution in [0, 0.1) is 5.92 Å². The zero-order chi connectivity index (χ0) is 13.8. The topological polar surface area (TPSA) is 33.1 Å². The summed E-state index contributed by atoms with van der Waals surface area (Å²) in [5.74, 6) is 2.00. The molecule has 0 saturated carbocycles. The first-order valence-electron chi connectivity index (χ1n) is 8.38. The fraction of sp³-hybridized carbons (Fsp3) is 0.812. The highest BCUT2D eigenvalue weighted by Crippen LogP contribution is 2.27. The molecule has 3 heterocycles. The molecule has 0 radical (unpaired) electrons. The Balaban J connectivity index is 1.65. The molecule has 1 aromatic rings. The van der Waals surface area contributed by atoms with Crippen molar-refractivity contribution in [3.8, 4) is 0 Å². The SMILES string of the molecule is CCCCn1ccnc1N1CCCC(C2CCCN2)C1. The van der Waals surface area contributed by atoms with Crippen molar-refractivity contribution in [3.05, 3.63) is 12.4 Å². The van der Waals surface area contributed by atoms with E-state index in [9.17, 15) is 0 Å². The lowest BCUT2D eigenvalue weighted by molar-refractivity contribution is 0.325. The lowest BCUT2D eigenvalue weighted by Crippen LogP contribution is -2.44. The molecule has 1 N–H and O–H groups in total. The van der Waals surface area contributed by atoms with Crippen molar-refractivity contribution in [3.63, 3.8) is 0 Å². The van der Waals surface area contributed by atoms with Crippen LogP contribution < -0.4 is 10.2 Å². The molecular formula is C16H28N4. The first-order chi connectivity index (χ1) is 9.88. The maximum atomic E-state index is 4.62. The Kier molecular flexibility index (Phi) is 4.61. The zero-order valence-electron chi connectivity index (χ0n) is 12.7. The average Bonchev–Trinajstić information content (AvgIpc) is 3.16. The van der Waals surface area contributed by atoms with Crippen molar-refractivity contribution in [2.45, 2.75) is 58.0 Å². The molecule has 0 spiro atoms. The molecule has 2 aliphatic rings. The van der Waals surface area contributed by atoms with Gasteiger partial charge in [0.2, 0.25) is 5.95 Å². The fourth-order valence-corrected chi connectivity index (χ4v) is 3.72. The van der Waals surface area contributed by atoms with Gasteiger partial charge in [0.25, 0.3) is 0 Å². The highest BCUT2D eigenvalue weighted by molar-refractivity contribution is 5.32. The summed E-state index contributed by atoms with van der Waals surface area (Å²) in [6, 6.07) is 0.747.